The first kappa shape index (κ1) is 14.6. The van der Waals surface area contributed by atoms with E-state index >= 15 is 0 Å². The van der Waals surface area contributed by atoms with E-state index in [9.17, 15) is 17.6 Å². The normalized spacial score (nSPS) is 11.3. The van der Waals surface area contributed by atoms with Crippen molar-refractivity contribution in [3.8, 4) is 0 Å². The van der Waals surface area contributed by atoms with Crippen molar-refractivity contribution in [2.45, 2.75) is 13.3 Å². The minimum Gasteiger partial charge on any atom is -0.351 e. The molecule has 0 radical (unpaired) electrons. The summed E-state index contributed by atoms with van der Waals surface area (Å²) >= 11 is 0. The molecule has 1 aromatic carbocycles. The van der Waals surface area contributed by atoms with Crippen LogP contribution in [-0.2, 0) is 16.5 Å². The van der Waals surface area contributed by atoms with Gasteiger partial charge in [-0.15, -0.1) is 0 Å². The zero-order chi connectivity index (χ0) is 13.8. The molecule has 0 heterocycles. The van der Waals surface area contributed by atoms with Crippen LogP contribution in [0.2, 0.25) is 0 Å². The molecule has 0 aliphatic carbocycles. The van der Waals surface area contributed by atoms with Gasteiger partial charge >= 0.3 is 0 Å². The second-order valence-corrected chi connectivity index (χ2v) is 5.28. The van der Waals surface area contributed by atoms with Crippen LogP contribution in [-0.4, -0.2) is 31.2 Å². The highest BCUT2D eigenvalue weighted by Gasteiger charge is 2.13. The monoisotopic (exact) mass is 275 g/mol. The van der Waals surface area contributed by atoms with Crippen molar-refractivity contribution >= 4 is 16.0 Å². The molecular formula is C11H14FNO4S. The average molecular weight is 275 g/mol. The smallest absolute Gasteiger partial charge is 0.266 e. The second-order valence-electron chi connectivity index (χ2n) is 3.71. The van der Waals surface area contributed by atoms with Gasteiger partial charge < -0.3 is 5.32 Å². The molecular weight excluding hydrogens is 261 g/mol. The van der Waals surface area contributed by atoms with Gasteiger partial charge in [-0.1, -0.05) is 13.0 Å². The molecule has 0 fully saturated rings. The Hall–Kier alpha value is -1.47. The van der Waals surface area contributed by atoms with Crippen LogP contribution in [0.15, 0.2) is 18.2 Å². The van der Waals surface area contributed by atoms with Crippen LogP contribution in [0.4, 0.5) is 4.39 Å². The quantitative estimate of drug-likeness (QED) is 0.785. The van der Waals surface area contributed by atoms with Crippen LogP contribution in [0.1, 0.15) is 22.8 Å². The topological polar surface area (TPSA) is 83.5 Å². The van der Waals surface area contributed by atoms with Gasteiger partial charge in [0.25, 0.3) is 16.0 Å². The zero-order valence-corrected chi connectivity index (χ0v) is 10.6. The molecule has 0 saturated heterocycles. The highest BCUT2D eigenvalue weighted by Crippen LogP contribution is 2.11. The Morgan fingerprint density at radius 1 is 1.44 bits per heavy atom. The van der Waals surface area contributed by atoms with Crippen LogP contribution >= 0.6 is 0 Å². The van der Waals surface area contributed by atoms with Gasteiger partial charge in [-0.25, -0.2) is 4.39 Å². The molecule has 0 unspecified atom stereocenters. The third kappa shape index (κ3) is 4.42. The van der Waals surface area contributed by atoms with Gasteiger partial charge in [0, 0.05) is 6.54 Å². The Balaban J connectivity index is 2.72. The van der Waals surface area contributed by atoms with Crippen molar-refractivity contribution < 1.29 is 22.2 Å². The van der Waals surface area contributed by atoms with Crippen molar-refractivity contribution in [3.63, 3.8) is 0 Å². The molecule has 0 aromatic heterocycles. The van der Waals surface area contributed by atoms with Crippen molar-refractivity contribution in [1.29, 1.82) is 0 Å². The fraction of sp³-hybridized carbons (Fsp3) is 0.364. The highest BCUT2D eigenvalue weighted by molar-refractivity contribution is 7.85. The molecule has 2 N–H and O–H groups in total. The number of nitrogens with one attached hydrogen (secondary N) is 1. The molecule has 18 heavy (non-hydrogen) atoms. The second kappa shape index (κ2) is 5.92. The van der Waals surface area contributed by atoms with E-state index in [0.717, 1.165) is 5.56 Å². The predicted molar refractivity (Wildman–Crippen MR) is 64.5 cm³/mol. The minimum atomic E-state index is -4.13. The third-order valence-corrected chi connectivity index (χ3v) is 3.05. The number of amides is 1. The highest BCUT2D eigenvalue weighted by atomic mass is 32.2. The number of carbonyl (C=O) groups is 1. The van der Waals surface area contributed by atoms with Gasteiger partial charge in [0.1, 0.15) is 5.82 Å². The molecule has 1 amide bonds. The first-order valence-corrected chi connectivity index (χ1v) is 6.96. The molecule has 0 spiro atoms. The van der Waals surface area contributed by atoms with E-state index in [1.807, 2.05) is 6.92 Å². The summed E-state index contributed by atoms with van der Waals surface area (Å²) in [6.45, 7) is 1.60. The molecule has 0 aliphatic rings. The fourth-order valence-electron chi connectivity index (χ4n) is 1.36. The lowest BCUT2D eigenvalue weighted by molar-refractivity contribution is 0.0952. The molecule has 0 saturated carbocycles. The van der Waals surface area contributed by atoms with Gasteiger partial charge in [-0.3, -0.25) is 9.35 Å². The Morgan fingerprint density at radius 3 is 2.67 bits per heavy atom. The van der Waals surface area contributed by atoms with Crippen molar-refractivity contribution in [2.75, 3.05) is 12.3 Å². The number of carbonyl (C=O) groups excluding carboxylic acids is 1. The lowest BCUT2D eigenvalue weighted by Crippen LogP contribution is -2.29. The van der Waals surface area contributed by atoms with E-state index in [2.05, 4.69) is 5.32 Å². The van der Waals surface area contributed by atoms with Gasteiger partial charge in [0.2, 0.25) is 0 Å². The Morgan fingerprint density at radius 2 is 2.11 bits per heavy atom. The number of halogens is 1. The van der Waals surface area contributed by atoms with Crippen LogP contribution in [0.5, 0.6) is 0 Å². The van der Waals surface area contributed by atoms with Crippen molar-refractivity contribution in [2.24, 2.45) is 0 Å². The van der Waals surface area contributed by atoms with Gasteiger partial charge in [-0.2, -0.15) is 8.42 Å². The molecule has 0 aliphatic heterocycles. The largest absolute Gasteiger partial charge is 0.351 e. The van der Waals surface area contributed by atoms with E-state index in [-0.39, 0.29) is 12.1 Å². The SMILES string of the molecule is CCc1ccc(F)c(C(=O)NCCS(=O)(=O)O)c1. The van der Waals surface area contributed by atoms with Gasteiger partial charge in [0.15, 0.2) is 0 Å². The van der Waals surface area contributed by atoms with E-state index in [4.69, 9.17) is 4.55 Å². The Kier molecular flexibility index (Phi) is 4.80. The summed E-state index contributed by atoms with van der Waals surface area (Å²) in [5.74, 6) is -1.98. The summed E-state index contributed by atoms with van der Waals surface area (Å²) < 4.78 is 42.8. The van der Waals surface area contributed by atoms with E-state index in [1.165, 1.54) is 12.1 Å². The number of aryl methyl sites for hydroxylation is 1. The minimum absolute atomic E-state index is 0.135. The van der Waals surface area contributed by atoms with Crippen LogP contribution < -0.4 is 5.32 Å². The Bertz CT molecular complexity index is 542. The zero-order valence-electron chi connectivity index (χ0n) is 9.81. The summed E-state index contributed by atoms with van der Waals surface area (Å²) in [7, 11) is -4.13. The summed E-state index contributed by atoms with van der Waals surface area (Å²) in [6, 6.07) is 4.18. The van der Waals surface area contributed by atoms with Crippen LogP contribution in [0.25, 0.3) is 0 Å². The number of hydrogen-bond donors (Lipinski definition) is 2. The maximum Gasteiger partial charge on any atom is 0.266 e. The molecule has 0 atom stereocenters. The van der Waals surface area contributed by atoms with Crippen LogP contribution in [0, 0.1) is 5.82 Å². The lowest BCUT2D eigenvalue weighted by atomic mass is 10.1. The number of hydrogen-bond acceptors (Lipinski definition) is 3. The van der Waals surface area contributed by atoms with E-state index < -0.39 is 27.6 Å². The summed E-state index contributed by atoms with van der Waals surface area (Å²) in [4.78, 5) is 11.6. The fourth-order valence-corrected chi connectivity index (χ4v) is 1.72. The van der Waals surface area contributed by atoms with Gasteiger partial charge in [0.05, 0.1) is 11.3 Å². The maximum atomic E-state index is 13.4. The number of benzene rings is 1. The first-order chi connectivity index (χ1) is 8.33. The van der Waals surface area contributed by atoms with Crippen LogP contribution in [0.3, 0.4) is 0 Å². The Labute approximate surface area is 105 Å². The molecule has 1 rings (SSSR count). The maximum absolute atomic E-state index is 13.4. The standard InChI is InChI=1S/C11H14FNO4S/c1-2-8-3-4-10(12)9(7-8)11(14)13-5-6-18(15,16)17/h3-4,7H,2,5-6H2,1H3,(H,13,14)(H,15,16,17). The average Bonchev–Trinajstić information content (AvgIpc) is 2.27. The van der Waals surface area contributed by atoms with E-state index in [0.29, 0.717) is 6.42 Å². The van der Waals surface area contributed by atoms with Gasteiger partial charge in [-0.05, 0) is 24.1 Å². The summed E-state index contributed by atoms with van der Waals surface area (Å²) in [5, 5.41) is 2.23. The molecule has 7 heteroatoms. The summed E-state index contributed by atoms with van der Waals surface area (Å²) in [6.07, 6.45) is 0.658. The molecule has 0 bridgehead atoms. The molecule has 1 aromatic rings. The number of rotatable bonds is 5. The van der Waals surface area contributed by atoms with Crippen molar-refractivity contribution in [1.82, 2.24) is 5.32 Å². The molecule has 100 valence electrons. The predicted octanol–water partition coefficient (Wildman–Crippen LogP) is 1.01. The first-order valence-electron chi connectivity index (χ1n) is 5.35. The van der Waals surface area contributed by atoms with Crippen molar-refractivity contribution in [3.05, 3.63) is 35.1 Å². The molecule has 5 nitrogen and oxygen atoms in total. The van der Waals surface area contributed by atoms with E-state index in [1.54, 1.807) is 6.07 Å². The summed E-state index contributed by atoms with van der Waals surface area (Å²) in [5.41, 5.74) is 0.668. The third-order valence-electron chi connectivity index (χ3n) is 2.33. The lowest BCUT2D eigenvalue weighted by Gasteiger charge is -2.06.